The molecule has 152 valence electrons. The highest BCUT2D eigenvalue weighted by molar-refractivity contribution is 7.46. The summed E-state index contributed by atoms with van der Waals surface area (Å²) < 4.78 is 34.3. The molecule has 2 aromatic carbocycles. The van der Waals surface area contributed by atoms with E-state index in [2.05, 4.69) is 0 Å². The molecule has 0 aliphatic rings. The first-order valence-electron chi connectivity index (χ1n) is 9.30. The van der Waals surface area contributed by atoms with E-state index in [4.69, 9.17) is 18.9 Å². The number of rotatable bonds is 10. The van der Waals surface area contributed by atoms with Gasteiger partial charge in [-0.15, -0.1) is 0 Å². The van der Waals surface area contributed by atoms with Gasteiger partial charge in [-0.2, -0.15) is 0 Å². The third kappa shape index (κ3) is 5.39. The fourth-order valence-corrected chi connectivity index (χ4v) is 4.96. The van der Waals surface area contributed by atoms with Crippen LogP contribution in [0.1, 0.15) is 25.0 Å². The quantitative estimate of drug-likeness (QED) is 0.514. The Bertz CT molecular complexity index is 740. The van der Waals surface area contributed by atoms with E-state index in [1.54, 1.807) is 28.4 Å². The maximum absolute atomic E-state index is 13.0. The van der Waals surface area contributed by atoms with Gasteiger partial charge in [0, 0.05) is 12.8 Å². The van der Waals surface area contributed by atoms with Crippen molar-refractivity contribution < 1.29 is 23.5 Å². The minimum Gasteiger partial charge on any atom is -0.493 e. The van der Waals surface area contributed by atoms with Crippen molar-refractivity contribution in [2.45, 2.75) is 38.0 Å². The summed E-state index contributed by atoms with van der Waals surface area (Å²) in [6.45, 7) is 4.08. The van der Waals surface area contributed by atoms with Crippen LogP contribution >= 0.6 is 7.80 Å². The van der Waals surface area contributed by atoms with Crippen LogP contribution in [0.4, 0.5) is 0 Å². The number of hydrogen-bond donors (Lipinski definition) is 0. The standard InChI is InChI=1S/C22H30O5P/c1-15(11-17-7-9-19(24-3)21(13-17)26-5)28(23)16(2)12-18-8-10-20(25-4)22(14-18)27-6/h7-10,13-16H,11-12H2,1-6H3/q+1. The summed E-state index contributed by atoms with van der Waals surface area (Å²) in [6, 6.07) is 11.7. The highest BCUT2D eigenvalue weighted by Gasteiger charge is 2.33. The minimum absolute atomic E-state index is 0.0586. The lowest BCUT2D eigenvalue weighted by Gasteiger charge is -2.12. The van der Waals surface area contributed by atoms with Crippen molar-refractivity contribution in [2.24, 2.45) is 0 Å². The molecule has 2 atom stereocenters. The van der Waals surface area contributed by atoms with Crippen molar-refractivity contribution in [2.75, 3.05) is 28.4 Å². The molecule has 0 amide bonds. The zero-order valence-electron chi connectivity index (χ0n) is 17.5. The molecule has 2 unspecified atom stereocenters. The van der Waals surface area contributed by atoms with Crippen LogP contribution in [0, 0.1) is 0 Å². The van der Waals surface area contributed by atoms with Crippen LogP contribution in [0.15, 0.2) is 36.4 Å². The molecule has 0 saturated heterocycles. The van der Waals surface area contributed by atoms with Crippen LogP contribution in [0.5, 0.6) is 23.0 Å². The first-order valence-corrected chi connectivity index (χ1v) is 10.7. The molecule has 0 aliphatic carbocycles. The van der Waals surface area contributed by atoms with E-state index in [9.17, 15) is 4.57 Å². The van der Waals surface area contributed by atoms with E-state index in [0.29, 0.717) is 23.0 Å². The Balaban J connectivity index is 2.04. The SMILES string of the molecule is COc1ccc(CC(C)[P+](=O)C(C)Cc2ccc(OC)c(OC)c2)cc1OC. The van der Waals surface area contributed by atoms with Crippen LogP contribution in [0.25, 0.3) is 0 Å². The topological polar surface area (TPSA) is 54.0 Å². The maximum Gasteiger partial charge on any atom is 0.345 e. The molecule has 5 nitrogen and oxygen atoms in total. The average molecular weight is 405 g/mol. The molecule has 0 N–H and O–H groups in total. The summed E-state index contributed by atoms with van der Waals surface area (Å²) in [5.74, 6) is 2.79. The average Bonchev–Trinajstić information content (AvgIpc) is 2.72. The van der Waals surface area contributed by atoms with Gasteiger partial charge in [-0.05, 0) is 49.2 Å². The molecule has 0 saturated carbocycles. The van der Waals surface area contributed by atoms with Gasteiger partial charge >= 0.3 is 7.80 Å². The van der Waals surface area contributed by atoms with Crippen molar-refractivity contribution in [3.05, 3.63) is 47.5 Å². The van der Waals surface area contributed by atoms with Crippen LogP contribution in [0.2, 0.25) is 0 Å². The van der Waals surface area contributed by atoms with Gasteiger partial charge in [0.1, 0.15) is 0 Å². The Morgan fingerprint density at radius 3 is 1.36 bits per heavy atom. The Hall–Kier alpha value is -2.26. The fraction of sp³-hybridized carbons (Fsp3) is 0.455. The molecular formula is C22H30O5P+. The molecule has 2 rings (SSSR count). The van der Waals surface area contributed by atoms with Gasteiger partial charge in [0.15, 0.2) is 34.3 Å². The van der Waals surface area contributed by atoms with Crippen LogP contribution in [-0.4, -0.2) is 39.8 Å². The van der Waals surface area contributed by atoms with E-state index in [1.165, 1.54) is 0 Å². The minimum atomic E-state index is -1.39. The smallest absolute Gasteiger partial charge is 0.345 e. The van der Waals surface area contributed by atoms with Crippen molar-refractivity contribution in [3.8, 4) is 23.0 Å². The Kier molecular flexibility index (Phi) is 8.13. The van der Waals surface area contributed by atoms with Gasteiger partial charge in [0.05, 0.1) is 28.4 Å². The first-order chi connectivity index (χ1) is 13.4. The number of benzene rings is 2. The summed E-state index contributed by atoms with van der Waals surface area (Å²) in [5.41, 5.74) is 2.30. The zero-order valence-corrected chi connectivity index (χ0v) is 18.4. The predicted octanol–water partition coefficient (Wildman–Crippen LogP) is 5.11. The second kappa shape index (κ2) is 10.3. The lowest BCUT2D eigenvalue weighted by atomic mass is 10.1. The molecule has 0 radical (unpaired) electrons. The van der Waals surface area contributed by atoms with Crippen molar-refractivity contribution in [1.29, 1.82) is 0 Å². The summed E-state index contributed by atoms with van der Waals surface area (Å²) in [7, 11) is 5.08. The molecule has 0 spiro atoms. The van der Waals surface area contributed by atoms with Crippen molar-refractivity contribution in [3.63, 3.8) is 0 Å². The van der Waals surface area contributed by atoms with Crippen LogP contribution < -0.4 is 18.9 Å². The lowest BCUT2D eigenvalue weighted by Crippen LogP contribution is -2.11. The maximum atomic E-state index is 13.0. The fourth-order valence-electron chi connectivity index (χ4n) is 3.31. The molecule has 2 aromatic rings. The summed E-state index contributed by atoms with van der Waals surface area (Å²) in [4.78, 5) is 0. The van der Waals surface area contributed by atoms with Gasteiger partial charge in [-0.3, -0.25) is 0 Å². The largest absolute Gasteiger partial charge is 0.493 e. The second-order valence-electron chi connectivity index (χ2n) is 6.84. The van der Waals surface area contributed by atoms with Gasteiger partial charge < -0.3 is 18.9 Å². The van der Waals surface area contributed by atoms with Gasteiger partial charge in [-0.1, -0.05) is 16.7 Å². The number of methoxy groups -OCH3 is 4. The summed E-state index contributed by atoms with van der Waals surface area (Å²) in [6.07, 6.45) is 1.46. The van der Waals surface area contributed by atoms with E-state index >= 15 is 0 Å². The van der Waals surface area contributed by atoms with Crippen molar-refractivity contribution >= 4 is 7.80 Å². The van der Waals surface area contributed by atoms with Crippen LogP contribution in [0.3, 0.4) is 0 Å². The van der Waals surface area contributed by atoms with E-state index < -0.39 is 7.80 Å². The number of hydrogen-bond acceptors (Lipinski definition) is 5. The highest BCUT2D eigenvalue weighted by Crippen LogP contribution is 2.39. The van der Waals surface area contributed by atoms with E-state index in [0.717, 1.165) is 24.0 Å². The third-order valence-electron chi connectivity index (χ3n) is 4.83. The van der Waals surface area contributed by atoms with Crippen molar-refractivity contribution in [1.82, 2.24) is 0 Å². The Morgan fingerprint density at radius 2 is 1.04 bits per heavy atom. The molecule has 0 fully saturated rings. The normalized spacial score (nSPS) is 13.4. The van der Waals surface area contributed by atoms with Gasteiger partial charge in [0.2, 0.25) is 0 Å². The van der Waals surface area contributed by atoms with Gasteiger partial charge in [-0.25, -0.2) is 0 Å². The van der Waals surface area contributed by atoms with E-state index in [1.807, 2.05) is 50.2 Å². The molecule has 0 bridgehead atoms. The first kappa shape index (κ1) is 22.0. The molecular weight excluding hydrogens is 375 g/mol. The summed E-state index contributed by atoms with van der Waals surface area (Å²) in [5, 5.41) is 0. The molecule has 0 heterocycles. The Labute approximate surface area is 168 Å². The highest BCUT2D eigenvalue weighted by atomic mass is 31.1. The summed E-state index contributed by atoms with van der Waals surface area (Å²) >= 11 is 0. The lowest BCUT2D eigenvalue weighted by molar-refractivity contribution is 0.354. The Morgan fingerprint density at radius 1 is 0.679 bits per heavy atom. The molecule has 0 aliphatic heterocycles. The third-order valence-corrected chi connectivity index (χ3v) is 6.93. The van der Waals surface area contributed by atoms with Gasteiger partial charge in [0.25, 0.3) is 0 Å². The second-order valence-corrected chi connectivity index (χ2v) is 9.33. The monoisotopic (exact) mass is 405 g/mol. The molecule has 0 aromatic heterocycles. The number of ether oxygens (including phenoxy) is 4. The van der Waals surface area contributed by atoms with E-state index in [-0.39, 0.29) is 11.3 Å². The molecule has 6 heteroatoms. The van der Waals surface area contributed by atoms with Crippen LogP contribution in [-0.2, 0) is 17.4 Å². The zero-order chi connectivity index (χ0) is 20.7. The predicted molar refractivity (Wildman–Crippen MR) is 113 cm³/mol. The molecule has 28 heavy (non-hydrogen) atoms.